The van der Waals surface area contributed by atoms with Gasteiger partial charge >= 0.3 is 5.76 Å². The smallest absolute Gasteiger partial charge is 0.408 e. The van der Waals surface area contributed by atoms with Gasteiger partial charge in [0, 0.05) is 26.1 Å². The Kier molecular flexibility index (Phi) is 4.29. The van der Waals surface area contributed by atoms with Crippen LogP contribution in [0.3, 0.4) is 0 Å². The van der Waals surface area contributed by atoms with E-state index in [0.29, 0.717) is 44.7 Å². The molecule has 0 aliphatic carbocycles. The van der Waals surface area contributed by atoms with Gasteiger partial charge in [-0.25, -0.2) is 4.79 Å². The van der Waals surface area contributed by atoms with Crippen LogP contribution < -0.4 is 5.76 Å². The van der Waals surface area contributed by atoms with Crippen molar-refractivity contribution < 1.29 is 13.9 Å². The summed E-state index contributed by atoms with van der Waals surface area (Å²) in [5.41, 5.74) is 1.36. The number of benzene rings is 1. The zero-order chi connectivity index (χ0) is 15.5. The highest BCUT2D eigenvalue weighted by Crippen LogP contribution is 2.13. The van der Waals surface area contributed by atoms with Crippen LogP contribution in [0.15, 0.2) is 33.5 Å². The minimum atomic E-state index is -0.367. The van der Waals surface area contributed by atoms with Crippen LogP contribution in [0.2, 0.25) is 0 Å². The van der Waals surface area contributed by atoms with Crippen LogP contribution in [-0.2, 0) is 16.1 Å². The summed E-state index contributed by atoms with van der Waals surface area (Å²) in [5, 5.41) is 0. The number of hydrogen-bond donors (Lipinski definition) is 0. The highest BCUT2D eigenvalue weighted by molar-refractivity contribution is 5.76. The molecule has 118 valence electrons. The SMILES string of the molecule is CC1CN(C(=O)CCCn2c(=O)oc3ccccc32)CCO1. The summed E-state index contributed by atoms with van der Waals surface area (Å²) in [6, 6.07) is 7.33. The lowest BCUT2D eigenvalue weighted by atomic mass is 10.2. The Labute approximate surface area is 128 Å². The molecule has 1 fully saturated rings. The topological polar surface area (TPSA) is 64.7 Å². The molecule has 1 atom stereocenters. The van der Waals surface area contributed by atoms with E-state index in [1.807, 2.05) is 30.0 Å². The van der Waals surface area contributed by atoms with Gasteiger partial charge < -0.3 is 14.1 Å². The molecule has 1 aromatic carbocycles. The Morgan fingerprint density at radius 1 is 1.36 bits per heavy atom. The number of ether oxygens (including phenoxy) is 1. The molecule has 2 aromatic rings. The standard InChI is InChI=1S/C16H20N2O4/c1-12-11-17(9-10-21-12)15(19)7-4-8-18-13-5-2-3-6-14(13)22-16(18)20/h2-3,5-6,12H,4,7-11H2,1H3. The predicted octanol–water partition coefficient (Wildman–Crippen LogP) is 1.62. The molecule has 3 rings (SSSR count). The number of hydrogen-bond acceptors (Lipinski definition) is 4. The van der Waals surface area contributed by atoms with Crippen LogP contribution in [0.4, 0.5) is 0 Å². The lowest BCUT2D eigenvalue weighted by molar-refractivity contribution is -0.138. The molecule has 2 heterocycles. The van der Waals surface area contributed by atoms with E-state index in [2.05, 4.69) is 0 Å². The van der Waals surface area contributed by atoms with Crippen molar-refractivity contribution in [2.75, 3.05) is 19.7 Å². The molecule has 22 heavy (non-hydrogen) atoms. The summed E-state index contributed by atoms with van der Waals surface area (Å²) in [7, 11) is 0. The molecule has 1 aromatic heterocycles. The Morgan fingerprint density at radius 3 is 3.00 bits per heavy atom. The zero-order valence-corrected chi connectivity index (χ0v) is 12.7. The van der Waals surface area contributed by atoms with Crippen molar-refractivity contribution in [1.29, 1.82) is 0 Å². The van der Waals surface area contributed by atoms with Gasteiger partial charge in [0.05, 0.1) is 18.2 Å². The van der Waals surface area contributed by atoms with E-state index in [0.717, 1.165) is 5.52 Å². The highest BCUT2D eigenvalue weighted by atomic mass is 16.5. The maximum atomic E-state index is 12.2. The highest BCUT2D eigenvalue weighted by Gasteiger charge is 2.21. The van der Waals surface area contributed by atoms with Crippen molar-refractivity contribution in [2.45, 2.75) is 32.4 Å². The van der Waals surface area contributed by atoms with Crippen molar-refractivity contribution in [1.82, 2.24) is 9.47 Å². The summed E-state index contributed by atoms with van der Waals surface area (Å²) in [5.74, 6) is -0.246. The van der Waals surface area contributed by atoms with Crippen molar-refractivity contribution >= 4 is 17.0 Å². The van der Waals surface area contributed by atoms with Gasteiger partial charge in [0.1, 0.15) is 0 Å². The molecule has 1 aliphatic rings. The zero-order valence-electron chi connectivity index (χ0n) is 12.7. The number of para-hydroxylation sites is 2. The van der Waals surface area contributed by atoms with Crippen LogP contribution in [0.1, 0.15) is 19.8 Å². The Bertz CT molecular complexity index is 718. The first-order valence-electron chi connectivity index (χ1n) is 7.63. The van der Waals surface area contributed by atoms with Crippen molar-refractivity contribution in [3.05, 3.63) is 34.8 Å². The largest absolute Gasteiger partial charge is 0.419 e. The quantitative estimate of drug-likeness (QED) is 0.861. The summed E-state index contributed by atoms with van der Waals surface area (Å²) in [4.78, 5) is 25.9. The molecule has 1 aliphatic heterocycles. The number of oxazole rings is 1. The number of amides is 1. The first kappa shape index (κ1) is 14.8. The number of rotatable bonds is 4. The average Bonchev–Trinajstić information content (AvgIpc) is 2.83. The molecule has 0 radical (unpaired) electrons. The van der Waals surface area contributed by atoms with Crippen LogP contribution in [0, 0.1) is 0 Å². The van der Waals surface area contributed by atoms with Crippen molar-refractivity contribution in [2.24, 2.45) is 0 Å². The molecule has 0 bridgehead atoms. The molecule has 0 saturated carbocycles. The molecule has 6 heteroatoms. The van der Waals surface area contributed by atoms with Gasteiger partial charge in [-0.15, -0.1) is 0 Å². The van der Waals surface area contributed by atoms with E-state index in [1.165, 1.54) is 0 Å². The van der Waals surface area contributed by atoms with Gasteiger partial charge in [-0.3, -0.25) is 9.36 Å². The maximum Gasteiger partial charge on any atom is 0.419 e. The van der Waals surface area contributed by atoms with Gasteiger partial charge in [0.2, 0.25) is 5.91 Å². The van der Waals surface area contributed by atoms with E-state index in [-0.39, 0.29) is 17.8 Å². The van der Waals surface area contributed by atoms with Crippen LogP contribution in [-0.4, -0.2) is 41.2 Å². The van der Waals surface area contributed by atoms with Gasteiger partial charge in [-0.2, -0.15) is 0 Å². The van der Waals surface area contributed by atoms with E-state index in [1.54, 1.807) is 10.6 Å². The fourth-order valence-electron chi connectivity index (χ4n) is 2.82. The van der Waals surface area contributed by atoms with Gasteiger partial charge in [0.25, 0.3) is 0 Å². The van der Waals surface area contributed by atoms with Crippen LogP contribution in [0.5, 0.6) is 0 Å². The van der Waals surface area contributed by atoms with Crippen LogP contribution >= 0.6 is 0 Å². The van der Waals surface area contributed by atoms with E-state index in [9.17, 15) is 9.59 Å². The van der Waals surface area contributed by atoms with Gasteiger partial charge in [0.15, 0.2) is 5.58 Å². The Balaban J connectivity index is 1.59. The number of nitrogens with zero attached hydrogens (tertiary/aromatic N) is 2. The third-order valence-corrected chi connectivity index (χ3v) is 3.94. The Hall–Kier alpha value is -2.08. The average molecular weight is 304 g/mol. The molecular weight excluding hydrogens is 284 g/mol. The van der Waals surface area contributed by atoms with Crippen molar-refractivity contribution in [3.8, 4) is 0 Å². The second-order valence-electron chi connectivity index (χ2n) is 5.61. The monoisotopic (exact) mass is 304 g/mol. The summed E-state index contributed by atoms with van der Waals surface area (Å²) in [6.45, 7) is 4.35. The van der Waals surface area contributed by atoms with E-state index in [4.69, 9.17) is 9.15 Å². The van der Waals surface area contributed by atoms with E-state index >= 15 is 0 Å². The summed E-state index contributed by atoms with van der Waals surface area (Å²) in [6.07, 6.45) is 1.14. The number of carbonyl (C=O) groups excluding carboxylic acids is 1. The second-order valence-corrected chi connectivity index (χ2v) is 5.61. The summed E-state index contributed by atoms with van der Waals surface area (Å²) < 4.78 is 12.2. The van der Waals surface area contributed by atoms with Gasteiger partial charge in [-0.1, -0.05) is 12.1 Å². The molecule has 0 spiro atoms. The molecule has 1 saturated heterocycles. The van der Waals surface area contributed by atoms with Crippen LogP contribution in [0.25, 0.3) is 11.1 Å². The molecule has 0 N–H and O–H groups in total. The first-order valence-corrected chi connectivity index (χ1v) is 7.63. The second kappa shape index (κ2) is 6.36. The first-order chi connectivity index (χ1) is 10.6. The minimum Gasteiger partial charge on any atom is -0.408 e. The molecule has 1 amide bonds. The third kappa shape index (κ3) is 3.06. The maximum absolute atomic E-state index is 12.2. The van der Waals surface area contributed by atoms with E-state index < -0.39 is 0 Å². The molecular formula is C16H20N2O4. The fraction of sp³-hybridized carbons (Fsp3) is 0.500. The normalized spacial score (nSPS) is 18.8. The summed E-state index contributed by atoms with van der Waals surface area (Å²) >= 11 is 0. The number of fused-ring (bicyclic) bond motifs is 1. The fourth-order valence-corrected chi connectivity index (χ4v) is 2.82. The third-order valence-electron chi connectivity index (χ3n) is 3.94. The minimum absolute atomic E-state index is 0.0955. The molecule has 6 nitrogen and oxygen atoms in total. The van der Waals surface area contributed by atoms with Gasteiger partial charge in [-0.05, 0) is 25.5 Å². The number of aryl methyl sites for hydroxylation is 1. The molecule has 1 unspecified atom stereocenters. The number of carbonyl (C=O) groups is 1. The lowest BCUT2D eigenvalue weighted by Crippen LogP contribution is -2.44. The Morgan fingerprint density at radius 2 is 2.18 bits per heavy atom. The van der Waals surface area contributed by atoms with Crippen molar-refractivity contribution in [3.63, 3.8) is 0 Å². The number of morpholine rings is 1. The number of aromatic nitrogens is 1. The predicted molar refractivity (Wildman–Crippen MR) is 81.7 cm³/mol. The lowest BCUT2D eigenvalue weighted by Gasteiger charge is -2.31.